The van der Waals surface area contributed by atoms with E-state index in [1.165, 1.54) is 19.3 Å². The summed E-state index contributed by atoms with van der Waals surface area (Å²) in [4.78, 5) is 0. The minimum atomic E-state index is -0.473. The summed E-state index contributed by atoms with van der Waals surface area (Å²) >= 11 is 0. The molecular formula is C12H25NO. The zero-order chi connectivity index (χ0) is 10.6. The lowest BCUT2D eigenvalue weighted by Crippen LogP contribution is -2.40. The lowest BCUT2D eigenvalue weighted by molar-refractivity contribution is 0.0319. The molecule has 0 aromatic carbocycles. The van der Waals surface area contributed by atoms with Gasteiger partial charge in [0, 0.05) is 12.6 Å². The fourth-order valence-corrected chi connectivity index (χ4v) is 2.01. The van der Waals surface area contributed by atoms with Gasteiger partial charge in [-0.05, 0) is 31.6 Å². The first-order valence-corrected chi connectivity index (χ1v) is 6.11. The summed E-state index contributed by atoms with van der Waals surface area (Å²) in [5.74, 6) is 0.887. The first-order valence-electron chi connectivity index (χ1n) is 6.11. The molecule has 0 spiro atoms. The third-order valence-electron chi connectivity index (χ3n) is 3.59. The lowest BCUT2D eigenvalue weighted by atomic mass is 9.97. The molecule has 0 aliphatic heterocycles. The molecule has 1 fully saturated rings. The van der Waals surface area contributed by atoms with Gasteiger partial charge in [-0.2, -0.15) is 0 Å². The lowest BCUT2D eigenvalue weighted by Gasteiger charge is -2.25. The molecule has 0 bridgehead atoms. The molecule has 2 unspecified atom stereocenters. The molecule has 0 aromatic rings. The first-order chi connectivity index (χ1) is 6.65. The van der Waals surface area contributed by atoms with E-state index in [0.29, 0.717) is 6.04 Å². The van der Waals surface area contributed by atoms with Crippen LogP contribution >= 0.6 is 0 Å². The standard InChI is InChI=1S/C12H25NO/c1-4-7-10-8-11(10)13-9-12(14,5-2)6-3/h10-11,13-14H,4-9H2,1-3H3. The number of hydrogen-bond donors (Lipinski definition) is 2. The minimum absolute atomic E-state index is 0.473. The predicted molar refractivity (Wildman–Crippen MR) is 60.3 cm³/mol. The Kier molecular flexibility index (Phi) is 4.39. The summed E-state index contributed by atoms with van der Waals surface area (Å²) in [6.45, 7) is 7.12. The Morgan fingerprint density at radius 2 is 1.93 bits per heavy atom. The van der Waals surface area contributed by atoms with Gasteiger partial charge in [-0.1, -0.05) is 27.2 Å². The van der Waals surface area contributed by atoms with Crippen molar-refractivity contribution in [2.24, 2.45) is 5.92 Å². The molecule has 1 aliphatic carbocycles. The quantitative estimate of drug-likeness (QED) is 0.659. The third kappa shape index (κ3) is 3.25. The van der Waals surface area contributed by atoms with Gasteiger partial charge in [0.05, 0.1) is 5.60 Å². The molecule has 2 heteroatoms. The van der Waals surface area contributed by atoms with Gasteiger partial charge < -0.3 is 10.4 Å². The highest BCUT2D eigenvalue weighted by Gasteiger charge is 2.37. The predicted octanol–water partition coefficient (Wildman–Crippen LogP) is 2.32. The summed E-state index contributed by atoms with van der Waals surface area (Å²) in [6.07, 6.45) is 5.64. The number of rotatable bonds is 7. The average Bonchev–Trinajstić information content (AvgIpc) is 2.94. The summed E-state index contributed by atoms with van der Waals surface area (Å²) in [6, 6.07) is 0.694. The van der Waals surface area contributed by atoms with E-state index in [4.69, 9.17) is 0 Å². The van der Waals surface area contributed by atoms with Crippen molar-refractivity contribution in [2.75, 3.05) is 6.54 Å². The van der Waals surface area contributed by atoms with Crippen molar-refractivity contribution in [2.45, 2.75) is 64.5 Å². The zero-order valence-corrected chi connectivity index (χ0v) is 9.84. The Balaban J connectivity index is 2.15. The first kappa shape index (κ1) is 12.0. The van der Waals surface area contributed by atoms with Gasteiger partial charge in [-0.15, -0.1) is 0 Å². The second kappa shape index (κ2) is 5.13. The third-order valence-corrected chi connectivity index (χ3v) is 3.59. The highest BCUT2D eigenvalue weighted by Crippen LogP contribution is 2.34. The van der Waals surface area contributed by atoms with E-state index in [1.54, 1.807) is 0 Å². The van der Waals surface area contributed by atoms with Crippen LogP contribution in [0.2, 0.25) is 0 Å². The molecule has 1 aliphatic rings. The highest BCUT2D eigenvalue weighted by molar-refractivity contribution is 4.94. The van der Waals surface area contributed by atoms with E-state index in [0.717, 1.165) is 25.3 Å². The molecule has 0 saturated heterocycles. The maximum atomic E-state index is 10.1. The summed E-state index contributed by atoms with van der Waals surface area (Å²) in [5, 5.41) is 13.5. The number of aliphatic hydroxyl groups is 1. The van der Waals surface area contributed by atoms with Gasteiger partial charge in [-0.25, -0.2) is 0 Å². The molecule has 1 rings (SSSR count). The van der Waals surface area contributed by atoms with Crippen molar-refractivity contribution in [1.82, 2.24) is 5.32 Å². The molecule has 0 heterocycles. The summed E-state index contributed by atoms with van der Waals surface area (Å²) in [5.41, 5.74) is -0.473. The summed E-state index contributed by atoms with van der Waals surface area (Å²) < 4.78 is 0. The van der Waals surface area contributed by atoms with E-state index in [-0.39, 0.29) is 0 Å². The monoisotopic (exact) mass is 199 g/mol. The van der Waals surface area contributed by atoms with Crippen molar-refractivity contribution in [3.05, 3.63) is 0 Å². The van der Waals surface area contributed by atoms with Gasteiger partial charge in [0.25, 0.3) is 0 Å². The van der Waals surface area contributed by atoms with E-state index in [2.05, 4.69) is 26.1 Å². The molecule has 2 atom stereocenters. The second-order valence-electron chi connectivity index (χ2n) is 4.70. The average molecular weight is 199 g/mol. The molecule has 14 heavy (non-hydrogen) atoms. The fraction of sp³-hybridized carbons (Fsp3) is 1.00. The molecule has 1 saturated carbocycles. The van der Waals surface area contributed by atoms with Crippen molar-refractivity contribution in [3.8, 4) is 0 Å². The minimum Gasteiger partial charge on any atom is -0.389 e. The Hall–Kier alpha value is -0.0800. The topological polar surface area (TPSA) is 32.3 Å². The van der Waals surface area contributed by atoms with Gasteiger partial charge >= 0.3 is 0 Å². The van der Waals surface area contributed by atoms with Crippen LogP contribution < -0.4 is 5.32 Å². The van der Waals surface area contributed by atoms with E-state index in [9.17, 15) is 5.11 Å². The fourth-order valence-electron chi connectivity index (χ4n) is 2.01. The van der Waals surface area contributed by atoms with Crippen LogP contribution in [-0.4, -0.2) is 23.3 Å². The van der Waals surface area contributed by atoms with Crippen LogP contribution in [0.15, 0.2) is 0 Å². The van der Waals surface area contributed by atoms with Crippen LogP contribution in [0.4, 0.5) is 0 Å². The number of hydrogen-bond acceptors (Lipinski definition) is 2. The Morgan fingerprint density at radius 3 is 2.43 bits per heavy atom. The van der Waals surface area contributed by atoms with Crippen molar-refractivity contribution < 1.29 is 5.11 Å². The van der Waals surface area contributed by atoms with Gasteiger partial charge in [0.15, 0.2) is 0 Å². The van der Waals surface area contributed by atoms with Crippen molar-refractivity contribution in [1.29, 1.82) is 0 Å². The van der Waals surface area contributed by atoms with Crippen molar-refractivity contribution >= 4 is 0 Å². The largest absolute Gasteiger partial charge is 0.389 e. The molecule has 2 N–H and O–H groups in total. The smallest absolute Gasteiger partial charge is 0.0766 e. The molecular weight excluding hydrogens is 174 g/mol. The van der Waals surface area contributed by atoms with Crippen LogP contribution in [0.25, 0.3) is 0 Å². The van der Waals surface area contributed by atoms with Crippen LogP contribution in [-0.2, 0) is 0 Å². The normalized spacial score (nSPS) is 26.6. The molecule has 0 amide bonds. The highest BCUT2D eigenvalue weighted by atomic mass is 16.3. The SMILES string of the molecule is CCCC1CC1NCC(O)(CC)CC. The summed E-state index contributed by atoms with van der Waals surface area (Å²) in [7, 11) is 0. The maximum Gasteiger partial charge on any atom is 0.0766 e. The van der Waals surface area contributed by atoms with Gasteiger partial charge in [0.2, 0.25) is 0 Å². The van der Waals surface area contributed by atoms with Crippen LogP contribution in [0.5, 0.6) is 0 Å². The Labute approximate surface area is 88.1 Å². The van der Waals surface area contributed by atoms with Crippen LogP contribution in [0.3, 0.4) is 0 Å². The molecule has 84 valence electrons. The Morgan fingerprint density at radius 1 is 1.29 bits per heavy atom. The van der Waals surface area contributed by atoms with Gasteiger partial charge in [0.1, 0.15) is 0 Å². The van der Waals surface area contributed by atoms with E-state index >= 15 is 0 Å². The zero-order valence-electron chi connectivity index (χ0n) is 9.84. The van der Waals surface area contributed by atoms with E-state index < -0.39 is 5.60 Å². The maximum absolute atomic E-state index is 10.1. The number of nitrogens with one attached hydrogen (secondary N) is 1. The van der Waals surface area contributed by atoms with Crippen LogP contribution in [0.1, 0.15) is 52.9 Å². The molecule has 0 radical (unpaired) electrons. The van der Waals surface area contributed by atoms with Gasteiger partial charge in [-0.3, -0.25) is 0 Å². The Bertz CT molecular complexity index is 166. The van der Waals surface area contributed by atoms with E-state index in [1.807, 2.05) is 0 Å². The van der Waals surface area contributed by atoms with Crippen LogP contribution in [0, 0.1) is 5.92 Å². The molecule has 2 nitrogen and oxygen atoms in total. The second-order valence-corrected chi connectivity index (χ2v) is 4.70. The molecule has 0 aromatic heterocycles. The van der Waals surface area contributed by atoms with Crippen molar-refractivity contribution in [3.63, 3.8) is 0 Å².